The summed E-state index contributed by atoms with van der Waals surface area (Å²) < 4.78 is 0. The number of nitrogens with zero attached hydrogens (tertiary/aromatic N) is 1. The fraction of sp³-hybridized carbons (Fsp3) is 0.0588. The Morgan fingerprint density at radius 1 is 1.05 bits per heavy atom. The van der Waals surface area contributed by atoms with Crippen molar-refractivity contribution in [3.05, 3.63) is 65.9 Å². The molecule has 1 aromatic heterocycles. The van der Waals surface area contributed by atoms with Crippen LogP contribution in [0.2, 0.25) is 0 Å². The largest absolute Gasteiger partial charge is 0.508 e. The summed E-state index contributed by atoms with van der Waals surface area (Å²) in [5, 5.41) is 23.1. The van der Waals surface area contributed by atoms with E-state index in [9.17, 15) is 15.0 Å². The van der Waals surface area contributed by atoms with E-state index in [2.05, 4.69) is 10.3 Å². The van der Waals surface area contributed by atoms with Gasteiger partial charge in [0.05, 0.1) is 11.1 Å². The Morgan fingerprint density at radius 3 is 2.68 bits per heavy atom. The molecule has 0 bridgehead atoms. The van der Waals surface area contributed by atoms with Gasteiger partial charge in [0, 0.05) is 23.7 Å². The Hall–Kier alpha value is -3.08. The highest BCUT2D eigenvalue weighted by Gasteiger charge is 2.13. The standard InChI is InChI=1S/C17H14N2O3/c20-15-6-2-1-4-12(15)10-19-17(22)13-9-14-11(8-16(13)21)5-3-7-18-14/h1-9,20-21H,10H2,(H,19,22). The summed E-state index contributed by atoms with van der Waals surface area (Å²) in [5.41, 5.74) is 1.39. The molecule has 5 heteroatoms. The number of benzene rings is 2. The van der Waals surface area contributed by atoms with E-state index in [1.807, 2.05) is 6.07 Å². The molecule has 0 spiro atoms. The number of rotatable bonds is 3. The molecule has 0 unspecified atom stereocenters. The van der Waals surface area contributed by atoms with Crippen LogP contribution in [0.5, 0.6) is 11.5 Å². The topological polar surface area (TPSA) is 82.5 Å². The van der Waals surface area contributed by atoms with Gasteiger partial charge in [0.2, 0.25) is 0 Å². The Bertz CT molecular complexity index is 846. The Morgan fingerprint density at radius 2 is 1.86 bits per heavy atom. The summed E-state index contributed by atoms with van der Waals surface area (Å²) in [4.78, 5) is 16.4. The second-order valence-corrected chi connectivity index (χ2v) is 4.88. The first kappa shape index (κ1) is 13.9. The SMILES string of the molecule is O=C(NCc1ccccc1O)c1cc2ncccc2cc1O. The molecule has 2 aromatic carbocycles. The third kappa shape index (κ3) is 2.69. The van der Waals surface area contributed by atoms with E-state index < -0.39 is 5.91 Å². The molecule has 0 saturated carbocycles. The zero-order valence-corrected chi connectivity index (χ0v) is 11.7. The molecule has 0 aliphatic heterocycles. The van der Waals surface area contributed by atoms with Gasteiger partial charge in [-0.2, -0.15) is 0 Å². The summed E-state index contributed by atoms with van der Waals surface area (Å²) in [6, 6.07) is 13.4. The number of carbonyl (C=O) groups excluding carboxylic acids is 1. The maximum atomic E-state index is 12.2. The quantitative estimate of drug-likeness (QED) is 0.693. The second kappa shape index (κ2) is 5.73. The van der Waals surface area contributed by atoms with Gasteiger partial charge in [-0.05, 0) is 24.3 Å². The highest BCUT2D eigenvalue weighted by Crippen LogP contribution is 2.24. The number of hydrogen-bond acceptors (Lipinski definition) is 4. The third-order valence-corrected chi connectivity index (χ3v) is 3.40. The lowest BCUT2D eigenvalue weighted by Crippen LogP contribution is -2.23. The molecule has 0 aliphatic rings. The van der Waals surface area contributed by atoms with E-state index in [0.29, 0.717) is 11.1 Å². The van der Waals surface area contributed by atoms with Crippen molar-refractivity contribution in [1.29, 1.82) is 0 Å². The fourth-order valence-electron chi connectivity index (χ4n) is 2.22. The molecule has 0 aliphatic carbocycles. The summed E-state index contributed by atoms with van der Waals surface area (Å²) in [6.07, 6.45) is 1.63. The average molecular weight is 294 g/mol. The lowest BCUT2D eigenvalue weighted by molar-refractivity contribution is 0.0948. The Kier molecular flexibility index (Phi) is 3.62. The maximum absolute atomic E-state index is 12.2. The molecular weight excluding hydrogens is 280 g/mol. The number of amides is 1. The van der Waals surface area contributed by atoms with Crippen LogP contribution in [0.25, 0.3) is 10.9 Å². The van der Waals surface area contributed by atoms with Crippen LogP contribution in [0, 0.1) is 0 Å². The lowest BCUT2D eigenvalue weighted by atomic mass is 10.1. The van der Waals surface area contributed by atoms with Crippen molar-refractivity contribution in [3.8, 4) is 11.5 Å². The number of hydrogen-bond donors (Lipinski definition) is 3. The van der Waals surface area contributed by atoms with E-state index in [4.69, 9.17) is 0 Å². The predicted molar refractivity (Wildman–Crippen MR) is 82.7 cm³/mol. The molecule has 0 fully saturated rings. The van der Waals surface area contributed by atoms with Gasteiger partial charge < -0.3 is 15.5 Å². The van der Waals surface area contributed by atoms with Crippen molar-refractivity contribution in [2.45, 2.75) is 6.54 Å². The van der Waals surface area contributed by atoms with Gasteiger partial charge in [-0.1, -0.05) is 24.3 Å². The minimum absolute atomic E-state index is 0.102. The molecule has 110 valence electrons. The smallest absolute Gasteiger partial charge is 0.255 e. The molecule has 3 N–H and O–H groups in total. The molecule has 1 amide bonds. The van der Waals surface area contributed by atoms with Crippen LogP contribution in [0.3, 0.4) is 0 Å². The molecule has 3 rings (SSSR count). The molecular formula is C17H14N2O3. The zero-order valence-electron chi connectivity index (χ0n) is 11.7. The first-order chi connectivity index (χ1) is 10.6. The van der Waals surface area contributed by atoms with Crippen molar-refractivity contribution in [3.63, 3.8) is 0 Å². The van der Waals surface area contributed by atoms with Crippen molar-refractivity contribution in [2.75, 3.05) is 0 Å². The molecule has 5 nitrogen and oxygen atoms in total. The lowest BCUT2D eigenvalue weighted by Gasteiger charge is -2.09. The summed E-state index contributed by atoms with van der Waals surface area (Å²) in [6.45, 7) is 0.172. The number of phenolic OH excluding ortho intramolecular Hbond substituents is 2. The van der Waals surface area contributed by atoms with E-state index >= 15 is 0 Å². The van der Waals surface area contributed by atoms with Crippen LogP contribution in [-0.4, -0.2) is 21.1 Å². The number of aromatic nitrogens is 1. The summed E-state index contributed by atoms with van der Waals surface area (Å²) in [5.74, 6) is -0.407. The first-order valence-corrected chi connectivity index (χ1v) is 6.78. The molecule has 0 atom stereocenters. The van der Waals surface area contributed by atoms with Gasteiger partial charge in [-0.25, -0.2) is 0 Å². The molecule has 0 saturated heterocycles. The number of aromatic hydroxyl groups is 2. The van der Waals surface area contributed by atoms with E-state index in [0.717, 1.165) is 5.39 Å². The molecule has 3 aromatic rings. The second-order valence-electron chi connectivity index (χ2n) is 4.88. The van der Waals surface area contributed by atoms with E-state index in [1.165, 1.54) is 6.07 Å². The maximum Gasteiger partial charge on any atom is 0.255 e. The van der Waals surface area contributed by atoms with Crippen LogP contribution >= 0.6 is 0 Å². The van der Waals surface area contributed by atoms with Gasteiger partial charge in [-0.15, -0.1) is 0 Å². The van der Waals surface area contributed by atoms with Crippen molar-refractivity contribution in [2.24, 2.45) is 0 Å². The van der Waals surface area contributed by atoms with Gasteiger partial charge in [0.25, 0.3) is 5.91 Å². The van der Waals surface area contributed by atoms with Crippen LogP contribution < -0.4 is 5.32 Å². The minimum atomic E-state index is -0.423. The predicted octanol–water partition coefficient (Wildman–Crippen LogP) is 2.58. The summed E-state index contributed by atoms with van der Waals surface area (Å²) >= 11 is 0. The van der Waals surface area contributed by atoms with Gasteiger partial charge in [-0.3, -0.25) is 9.78 Å². The normalized spacial score (nSPS) is 10.5. The fourth-order valence-corrected chi connectivity index (χ4v) is 2.22. The number of fused-ring (bicyclic) bond motifs is 1. The van der Waals surface area contributed by atoms with Crippen LogP contribution in [0.15, 0.2) is 54.7 Å². The monoisotopic (exact) mass is 294 g/mol. The van der Waals surface area contributed by atoms with Crippen LogP contribution in [0.4, 0.5) is 0 Å². The number of phenols is 2. The summed E-state index contributed by atoms with van der Waals surface area (Å²) in [7, 11) is 0. The molecule has 1 heterocycles. The number of nitrogens with one attached hydrogen (secondary N) is 1. The molecule has 0 radical (unpaired) electrons. The average Bonchev–Trinajstić information content (AvgIpc) is 2.53. The number of para-hydroxylation sites is 1. The zero-order chi connectivity index (χ0) is 15.5. The van der Waals surface area contributed by atoms with Gasteiger partial charge >= 0.3 is 0 Å². The van der Waals surface area contributed by atoms with Crippen molar-refractivity contribution < 1.29 is 15.0 Å². The van der Waals surface area contributed by atoms with E-state index in [-0.39, 0.29) is 23.6 Å². The minimum Gasteiger partial charge on any atom is -0.508 e. The van der Waals surface area contributed by atoms with Gasteiger partial charge in [0.1, 0.15) is 11.5 Å². The van der Waals surface area contributed by atoms with Crippen molar-refractivity contribution in [1.82, 2.24) is 10.3 Å². The Balaban J connectivity index is 1.83. The first-order valence-electron chi connectivity index (χ1n) is 6.78. The van der Waals surface area contributed by atoms with E-state index in [1.54, 1.807) is 42.6 Å². The molecule has 22 heavy (non-hydrogen) atoms. The van der Waals surface area contributed by atoms with Crippen LogP contribution in [0.1, 0.15) is 15.9 Å². The van der Waals surface area contributed by atoms with Crippen LogP contribution in [-0.2, 0) is 6.54 Å². The number of carbonyl (C=O) groups is 1. The highest BCUT2D eigenvalue weighted by molar-refractivity contribution is 6.00. The number of pyridine rings is 1. The van der Waals surface area contributed by atoms with Crippen molar-refractivity contribution >= 4 is 16.8 Å². The van der Waals surface area contributed by atoms with Gasteiger partial charge in [0.15, 0.2) is 0 Å². The third-order valence-electron chi connectivity index (χ3n) is 3.40. The highest BCUT2D eigenvalue weighted by atomic mass is 16.3. The Labute approximate surface area is 126 Å².